The average Bonchev–Trinajstić information content (AvgIpc) is 2.68. The topological polar surface area (TPSA) is 64.1 Å². The van der Waals surface area contributed by atoms with Crippen molar-refractivity contribution in [2.45, 2.75) is 12.1 Å². The smallest absolute Gasteiger partial charge is 0.234 e. The van der Waals surface area contributed by atoms with Crippen LogP contribution in [0.25, 0.3) is 11.3 Å². The molecule has 144 valence electrons. The van der Waals surface area contributed by atoms with E-state index in [1.165, 1.54) is 11.8 Å². The monoisotopic (exact) mass is 433 g/mol. The van der Waals surface area contributed by atoms with Crippen molar-refractivity contribution in [3.05, 3.63) is 64.8 Å². The van der Waals surface area contributed by atoms with Gasteiger partial charge in [-0.25, -0.2) is 9.97 Å². The normalized spacial score (nSPS) is 10.5. The number of ether oxygens (including phenoxy) is 1. The third kappa shape index (κ3) is 5.86. The quantitative estimate of drug-likeness (QED) is 0.389. The predicted octanol–water partition coefficient (Wildman–Crippen LogP) is 5.58. The first kappa shape index (κ1) is 20.5. The number of amides is 1. The lowest BCUT2D eigenvalue weighted by Crippen LogP contribution is -2.14. The number of hydrogen-bond acceptors (Lipinski definition) is 5. The van der Waals surface area contributed by atoms with E-state index in [4.69, 9.17) is 27.9 Å². The fraction of sp³-hybridized carbons (Fsp3) is 0.150. The maximum atomic E-state index is 12.2. The zero-order valence-electron chi connectivity index (χ0n) is 15.0. The average molecular weight is 434 g/mol. The van der Waals surface area contributed by atoms with Crippen molar-refractivity contribution in [2.75, 3.05) is 17.7 Å². The second-order valence-electron chi connectivity index (χ2n) is 5.68. The van der Waals surface area contributed by atoms with E-state index in [0.29, 0.717) is 33.2 Å². The summed E-state index contributed by atoms with van der Waals surface area (Å²) in [4.78, 5) is 20.9. The molecule has 0 aliphatic heterocycles. The van der Waals surface area contributed by atoms with Crippen molar-refractivity contribution < 1.29 is 9.53 Å². The van der Waals surface area contributed by atoms with Gasteiger partial charge in [-0.05, 0) is 55.5 Å². The van der Waals surface area contributed by atoms with Gasteiger partial charge in [0.2, 0.25) is 5.91 Å². The van der Waals surface area contributed by atoms with Crippen molar-refractivity contribution in [3.63, 3.8) is 0 Å². The summed E-state index contributed by atoms with van der Waals surface area (Å²) in [6.07, 6.45) is 1.64. The standard InChI is InChI=1S/C20H17Cl2N3O2S/c1-2-27-17-5-3-16(4-6-17)24-19(26)12-28-20-23-8-7-18(25-20)13-9-14(21)11-15(22)10-13/h3-11H,2,12H2,1H3,(H,24,26). The zero-order valence-corrected chi connectivity index (χ0v) is 17.3. The van der Waals surface area contributed by atoms with Crippen LogP contribution in [0.3, 0.4) is 0 Å². The molecule has 3 rings (SSSR count). The predicted molar refractivity (Wildman–Crippen MR) is 114 cm³/mol. The molecule has 1 aromatic heterocycles. The second kappa shape index (κ2) is 9.78. The number of benzene rings is 2. The third-order valence-electron chi connectivity index (χ3n) is 3.57. The van der Waals surface area contributed by atoms with E-state index in [9.17, 15) is 4.79 Å². The highest BCUT2D eigenvalue weighted by Crippen LogP contribution is 2.27. The first-order chi connectivity index (χ1) is 13.5. The highest BCUT2D eigenvalue weighted by Gasteiger charge is 2.08. The number of nitrogens with one attached hydrogen (secondary N) is 1. The molecular formula is C20H17Cl2N3O2S. The van der Waals surface area contributed by atoms with Gasteiger partial charge in [-0.1, -0.05) is 35.0 Å². The Kier molecular flexibility index (Phi) is 7.14. The molecule has 5 nitrogen and oxygen atoms in total. The van der Waals surface area contributed by atoms with Gasteiger partial charge in [0.25, 0.3) is 0 Å². The molecule has 1 amide bonds. The van der Waals surface area contributed by atoms with Gasteiger partial charge < -0.3 is 10.1 Å². The second-order valence-corrected chi connectivity index (χ2v) is 7.49. The molecule has 2 aromatic carbocycles. The minimum Gasteiger partial charge on any atom is -0.494 e. The van der Waals surface area contributed by atoms with E-state index in [1.54, 1.807) is 42.6 Å². The minimum atomic E-state index is -0.144. The Morgan fingerprint density at radius 2 is 1.82 bits per heavy atom. The number of carbonyl (C=O) groups excluding carboxylic acids is 1. The van der Waals surface area contributed by atoms with Gasteiger partial charge in [-0.2, -0.15) is 0 Å². The summed E-state index contributed by atoms with van der Waals surface area (Å²) in [5.74, 6) is 0.808. The van der Waals surface area contributed by atoms with Crippen LogP contribution in [-0.4, -0.2) is 28.2 Å². The number of aromatic nitrogens is 2. The summed E-state index contributed by atoms with van der Waals surface area (Å²) in [5, 5.41) is 4.40. The summed E-state index contributed by atoms with van der Waals surface area (Å²) >= 11 is 13.4. The van der Waals surface area contributed by atoms with Crippen molar-refractivity contribution in [1.29, 1.82) is 0 Å². The molecule has 0 aliphatic rings. The molecule has 0 unspecified atom stereocenters. The lowest BCUT2D eigenvalue weighted by Gasteiger charge is -2.07. The molecule has 0 radical (unpaired) electrons. The zero-order chi connectivity index (χ0) is 19.9. The van der Waals surface area contributed by atoms with Crippen molar-refractivity contribution >= 4 is 46.6 Å². The van der Waals surface area contributed by atoms with Gasteiger partial charge in [0.05, 0.1) is 18.1 Å². The Hall–Kier alpha value is -2.28. The van der Waals surface area contributed by atoms with E-state index in [0.717, 1.165) is 11.3 Å². The molecule has 28 heavy (non-hydrogen) atoms. The van der Waals surface area contributed by atoms with Crippen LogP contribution in [0.15, 0.2) is 59.9 Å². The number of rotatable bonds is 7. The minimum absolute atomic E-state index is 0.144. The largest absolute Gasteiger partial charge is 0.494 e. The van der Waals surface area contributed by atoms with Crippen LogP contribution in [0.4, 0.5) is 5.69 Å². The van der Waals surface area contributed by atoms with Gasteiger partial charge in [0.1, 0.15) is 5.75 Å². The lowest BCUT2D eigenvalue weighted by molar-refractivity contribution is -0.113. The van der Waals surface area contributed by atoms with E-state index in [1.807, 2.05) is 19.1 Å². The van der Waals surface area contributed by atoms with Crippen LogP contribution < -0.4 is 10.1 Å². The van der Waals surface area contributed by atoms with Crippen LogP contribution in [0.2, 0.25) is 10.0 Å². The molecule has 0 bridgehead atoms. The Morgan fingerprint density at radius 3 is 2.50 bits per heavy atom. The molecular weight excluding hydrogens is 417 g/mol. The molecule has 1 heterocycles. The maximum Gasteiger partial charge on any atom is 0.234 e. The fourth-order valence-corrected chi connectivity index (χ4v) is 3.56. The molecule has 0 spiro atoms. The number of halogens is 2. The maximum absolute atomic E-state index is 12.2. The van der Waals surface area contributed by atoms with Gasteiger partial charge in [-0.3, -0.25) is 4.79 Å². The van der Waals surface area contributed by atoms with E-state index < -0.39 is 0 Å². The summed E-state index contributed by atoms with van der Waals surface area (Å²) < 4.78 is 5.38. The molecule has 1 N–H and O–H groups in total. The van der Waals surface area contributed by atoms with Crippen molar-refractivity contribution in [1.82, 2.24) is 9.97 Å². The highest BCUT2D eigenvalue weighted by molar-refractivity contribution is 7.99. The Morgan fingerprint density at radius 1 is 1.11 bits per heavy atom. The van der Waals surface area contributed by atoms with Gasteiger partial charge >= 0.3 is 0 Å². The van der Waals surface area contributed by atoms with Crippen LogP contribution in [0, 0.1) is 0 Å². The molecule has 0 atom stereocenters. The van der Waals surface area contributed by atoms with Crippen molar-refractivity contribution in [3.8, 4) is 17.0 Å². The van der Waals surface area contributed by atoms with Gasteiger partial charge in [-0.15, -0.1) is 0 Å². The molecule has 3 aromatic rings. The third-order valence-corrected chi connectivity index (χ3v) is 4.87. The van der Waals surface area contributed by atoms with E-state index in [2.05, 4.69) is 15.3 Å². The van der Waals surface area contributed by atoms with Crippen molar-refractivity contribution in [2.24, 2.45) is 0 Å². The molecule has 0 saturated heterocycles. The first-order valence-electron chi connectivity index (χ1n) is 8.48. The number of anilines is 1. The Balaban J connectivity index is 1.60. The number of hydrogen-bond donors (Lipinski definition) is 1. The SMILES string of the molecule is CCOc1ccc(NC(=O)CSc2nccc(-c3cc(Cl)cc(Cl)c3)n2)cc1. The van der Waals surface area contributed by atoms with Gasteiger partial charge in [0, 0.05) is 27.5 Å². The summed E-state index contributed by atoms with van der Waals surface area (Å²) in [6, 6.07) is 14.2. The summed E-state index contributed by atoms with van der Waals surface area (Å²) in [5.41, 5.74) is 2.19. The molecule has 8 heteroatoms. The molecule has 0 fully saturated rings. The summed E-state index contributed by atoms with van der Waals surface area (Å²) in [7, 11) is 0. The molecule has 0 aliphatic carbocycles. The van der Waals surface area contributed by atoms with Crippen LogP contribution in [-0.2, 0) is 4.79 Å². The van der Waals surface area contributed by atoms with E-state index in [-0.39, 0.29) is 11.7 Å². The molecule has 0 saturated carbocycles. The van der Waals surface area contributed by atoms with Crippen LogP contribution >= 0.6 is 35.0 Å². The Bertz CT molecular complexity index is 948. The first-order valence-corrected chi connectivity index (χ1v) is 10.2. The van der Waals surface area contributed by atoms with E-state index >= 15 is 0 Å². The fourth-order valence-electron chi connectivity index (χ4n) is 2.40. The number of nitrogens with zero attached hydrogens (tertiary/aromatic N) is 2. The summed E-state index contributed by atoms with van der Waals surface area (Å²) in [6.45, 7) is 2.52. The van der Waals surface area contributed by atoms with Gasteiger partial charge in [0.15, 0.2) is 5.16 Å². The van der Waals surface area contributed by atoms with Crippen LogP contribution in [0.5, 0.6) is 5.75 Å². The Labute approximate surface area is 177 Å². The number of carbonyl (C=O) groups is 1. The lowest BCUT2D eigenvalue weighted by atomic mass is 10.1. The van der Waals surface area contributed by atoms with Crippen LogP contribution in [0.1, 0.15) is 6.92 Å². The number of thioether (sulfide) groups is 1. The highest BCUT2D eigenvalue weighted by atomic mass is 35.5.